The lowest BCUT2D eigenvalue weighted by Crippen LogP contribution is -2.33. The van der Waals surface area contributed by atoms with Crippen LogP contribution >= 0.6 is 0 Å². The first kappa shape index (κ1) is 9.43. The third kappa shape index (κ3) is 2.76. The summed E-state index contributed by atoms with van der Waals surface area (Å²) in [5, 5.41) is 0. The van der Waals surface area contributed by atoms with Crippen molar-refractivity contribution in [1.82, 2.24) is 0 Å². The van der Waals surface area contributed by atoms with Crippen molar-refractivity contribution >= 4 is 16.4 Å². The maximum absolute atomic E-state index is 10.7. The van der Waals surface area contributed by atoms with Crippen LogP contribution in [0.1, 0.15) is 12.8 Å². The van der Waals surface area contributed by atoms with Crippen molar-refractivity contribution in [3.05, 3.63) is 0 Å². The van der Waals surface area contributed by atoms with E-state index in [0.717, 1.165) is 0 Å². The highest BCUT2D eigenvalue weighted by molar-refractivity contribution is 7.80. The molecule has 0 aromatic rings. The number of esters is 1. The molecule has 1 aliphatic rings. The highest BCUT2D eigenvalue weighted by atomic mass is 32.3. The summed E-state index contributed by atoms with van der Waals surface area (Å²) in [6, 6.07) is 0. The van der Waals surface area contributed by atoms with Gasteiger partial charge >= 0.3 is 16.4 Å². The van der Waals surface area contributed by atoms with Gasteiger partial charge in [0.05, 0.1) is 6.61 Å². The molecule has 1 rings (SSSR count). The molecule has 1 unspecified atom stereocenters. The Hall–Kier alpha value is -0.660. The van der Waals surface area contributed by atoms with E-state index in [9.17, 15) is 13.2 Å². The van der Waals surface area contributed by atoms with Crippen molar-refractivity contribution in [3.63, 3.8) is 0 Å². The van der Waals surface area contributed by atoms with E-state index in [1.165, 1.54) is 0 Å². The zero-order valence-corrected chi connectivity index (χ0v) is 6.91. The number of rotatable bonds is 2. The lowest BCUT2D eigenvalue weighted by molar-refractivity contribution is -0.157. The molecule has 1 atom stereocenters. The molecule has 70 valence electrons. The number of ether oxygens (including phenoxy) is 1. The molecule has 6 nitrogen and oxygen atoms in total. The van der Waals surface area contributed by atoms with Crippen LogP contribution < -0.4 is 0 Å². The Morgan fingerprint density at radius 1 is 1.58 bits per heavy atom. The molecular weight excluding hydrogens is 188 g/mol. The minimum atomic E-state index is -4.56. The third-order valence-electron chi connectivity index (χ3n) is 1.36. The van der Waals surface area contributed by atoms with Crippen LogP contribution in [0.2, 0.25) is 0 Å². The van der Waals surface area contributed by atoms with Crippen molar-refractivity contribution in [3.8, 4) is 0 Å². The van der Waals surface area contributed by atoms with E-state index < -0.39 is 22.5 Å². The summed E-state index contributed by atoms with van der Waals surface area (Å²) in [5.74, 6) is -0.751. The summed E-state index contributed by atoms with van der Waals surface area (Å²) < 4.78 is 37.1. The minimum Gasteiger partial charge on any atom is -0.464 e. The van der Waals surface area contributed by atoms with Crippen LogP contribution in [-0.4, -0.2) is 31.7 Å². The van der Waals surface area contributed by atoms with Gasteiger partial charge < -0.3 is 4.74 Å². The molecule has 0 aliphatic carbocycles. The van der Waals surface area contributed by atoms with Crippen molar-refractivity contribution in [2.24, 2.45) is 0 Å². The summed E-state index contributed by atoms with van der Waals surface area (Å²) in [6.45, 7) is 0.268. The lowest BCUT2D eigenvalue weighted by Gasteiger charge is -2.18. The Bertz CT molecular complexity index is 268. The Balaban J connectivity index is 2.56. The molecule has 1 aliphatic heterocycles. The maximum atomic E-state index is 10.7. The number of carbonyl (C=O) groups excluding carboxylic acids is 1. The molecule has 1 fully saturated rings. The third-order valence-corrected chi connectivity index (χ3v) is 1.83. The summed E-state index contributed by atoms with van der Waals surface area (Å²) in [6.07, 6.45) is -0.404. The summed E-state index contributed by atoms with van der Waals surface area (Å²) >= 11 is 0. The van der Waals surface area contributed by atoms with Gasteiger partial charge in [-0.15, -0.1) is 0 Å². The van der Waals surface area contributed by atoms with E-state index in [1.54, 1.807) is 0 Å². The van der Waals surface area contributed by atoms with Gasteiger partial charge in [-0.3, -0.25) is 4.55 Å². The van der Waals surface area contributed by atoms with Crippen LogP contribution in [0.5, 0.6) is 0 Å². The Morgan fingerprint density at radius 2 is 2.25 bits per heavy atom. The fraction of sp³-hybridized carbons (Fsp3) is 0.800. The fourth-order valence-corrected chi connectivity index (χ4v) is 1.35. The molecular formula is C5H8O6S. The fourth-order valence-electron chi connectivity index (χ4n) is 0.886. The zero-order valence-electron chi connectivity index (χ0n) is 6.10. The second-order valence-electron chi connectivity index (χ2n) is 2.32. The first-order chi connectivity index (χ1) is 5.49. The average Bonchev–Trinajstić information content (AvgIpc) is 1.91. The van der Waals surface area contributed by atoms with Gasteiger partial charge in [0.2, 0.25) is 0 Å². The van der Waals surface area contributed by atoms with Gasteiger partial charge in [-0.25, -0.2) is 8.98 Å². The summed E-state index contributed by atoms with van der Waals surface area (Å²) in [4.78, 5) is 10.7. The van der Waals surface area contributed by atoms with Crippen LogP contribution in [-0.2, 0) is 24.1 Å². The van der Waals surface area contributed by atoms with Gasteiger partial charge in [0.25, 0.3) is 0 Å². The molecule has 1 saturated heterocycles. The molecule has 0 saturated carbocycles. The predicted molar refractivity (Wildman–Crippen MR) is 36.6 cm³/mol. The number of cyclic esters (lactones) is 1. The molecule has 12 heavy (non-hydrogen) atoms. The summed E-state index contributed by atoms with van der Waals surface area (Å²) in [7, 11) is -4.56. The topological polar surface area (TPSA) is 89.9 Å². The number of hydrogen-bond acceptors (Lipinski definition) is 5. The molecule has 0 spiro atoms. The van der Waals surface area contributed by atoms with Gasteiger partial charge in [-0.05, 0) is 12.8 Å². The highest BCUT2D eigenvalue weighted by Crippen LogP contribution is 2.12. The van der Waals surface area contributed by atoms with Crippen molar-refractivity contribution in [2.75, 3.05) is 6.61 Å². The molecule has 1 heterocycles. The Labute approximate surface area is 69.4 Å². The number of carbonyl (C=O) groups is 1. The predicted octanol–water partition coefficient (Wildman–Crippen LogP) is -0.489. The van der Waals surface area contributed by atoms with Crippen LogP contribution in [0.4, 0.5) is 0 Å². The normalized spacial score (nSPS) is 25.1. The largest absolute Gasteiger partial charge is 0.464 e. The Morgan fingerprint density at radius 3 is 2.75 bits per heavy atom. The molecule has 7 heteroatoms. The molecule has 0 amide bonds. The van der Waals surface area contributed by atoms with E-state index in [0.29, 0.717) is 6.42 Å². The Kier molecular flexibility index (Phi) is 2.65. The van der Waals surface area contributed by atoms with Crippen LogP contribution in [0.3, 0.4) is 0 Å². The lowest BCUT2D eigenvalue weighted by atomic mass is 10.2. The van der Waals surface area contributed by atoms with Crippen LogP contribution in [0.15, 0.2) is 0 Å². The van der Waals surface area contributed by atoms with Gasteiger partial charge in [-0.2, -0.15) is 8.42 Å². The molecule has 0 bridgehead atoms. The highest BCUT2D eigenvalue weighted by Gasteiger charge is 2.29. The first-order valence-electron chi connectivity index (χ1n) is 3.31. The van der Waals surface area contributed by atoms with E-state index in [-0.39, 0.29) is 13.0 Å². The van der Waals surface area contributed by atoms with Crippen molar-refractivity contribution in [1.29, 1.82) is 0 Å². The van der Waals surface area contributed by atoms with Crippen LogP contribution in [0.25, 0.3) is 0 Å². The second kappa shape index (κ2) is 3.38. The molecule has 1 N–H and O–H groups in total. The van der Waals surface area contributed by atoms with Crippen molar-refractivity contribution < 1.29 is 26.7 Å². The molecule has 0 radical (unpaired) electrons. The average molecular weight is 196 g/mol. The standard InChI is InChI=1S/C5H8O6S/c6-5-4(2-1-3-10-5)11-12(7,8)9/h4H,1-3H2,(H,7,8,9). The quantitative estimate of drug-likeness (QED) is 0.473. The second-order valence-corrected chi connectivity index (χ2v) is 3.37. The van der Waals surface area contributed by atoms with E-state index in [2.05, 4.69) is 8.92 Å². The van der Waals surface area contributed by atoms with E-state index >= 15 is 0 Å². The van der Waals surface area contributed by atoms with Crippen LogP contribution in [0, 0.1) is 0 Å². The minimum absolute atomic E-state index is 0.249. The van der Waals surface area contributed by atoms with E-state index in [1.807, 2.05) is 0 Å². The van der Waals surface area contributed by atoms with Gasteiger partial charge in [-0.1, -0.05) is 0 Å². The van der Waals surface area contributed by atoms with Gasteiger partial charge in [0, 0.05) is 0 Å². The SMILES string of the molecule is O=C1OCCCC1OS(=O)(=O)O. The van der Waals surface area contributed by atoms with Gasteiger partial charge in [0.15, 0.2) is 6.10 Å². The monoisotopic (exact) mass is 196 g/mol. The van der Waals surface area contributed by atoms with Crippen molar-refractivity contribution in [2.45, 2.75) is 18.9 Å². The smallest absolute Gasteiger partial charge is 0.398 e. The van der Waals surface area contributed by atoms with E-state index in [4.69, 9.17) is 4.55 Å². The molecule has 0 aromatic heterocycles. The maximum Gasteiger partial charge on any atom is 0.398 e. The zero-order chi connectivity index (χ0) is 9.19. The van der Waals surface area contributed by atoms with Gasteiger partial charge in [0.1, 0.15) is 0 Å². The summed E-state index contributed by atoms with van der Waals surface area (Å²) in [5.41, 5.74) is 0. The number of hydrogen-bond donors (Lipinski definition) is 1. The first-order valence-corrected chi connectivity index (χ1v) is 4.68. The molecule has 0 aromatic carbocycles.